The van der Waals surface area contributed by atoms with E-state index in [0.29, 0.717) is 0 Å². The van der Waals surface area contributed by atoms with Crippen LogP contribution in [0.4, 0.5) is 9.18 Å². The van der Waals surface area contributed by atoms with Crippen molar-refractivity contribution in [2.24, 2.45) is 5.41 Å². The zero-order valence-corrected chi connectivity index (χ0v) is 8.72. The fourth-order valence-electron chi connectivity index (χ4n) is 1.71. The molecule has 0 aliphatic carbocycles. The minimum absolute atomic E-state index is 0.0560. The molecule has 1 aliphatic heterocycles. The van der Waals surface area contributed by atoms with Crippen LogP contribution in [-0.4, -0.2) is 24.5 Å². The Morgan fingerprint density at radius 1 is 1.25 bits per heavy atom. The SMILES string of the molecule is C=CCC1(CCCF)C(=O)NC(=O)NC1=O. The zero-order valence-electron chi connectivity index (χ0n) is 8.72. The number of carbonyl (C=O) groups excluding carboxylic acids is 3. The lowest BCUT2D eigenvalue weighted by Crippen LogP contribution is -2.62. The normalized spacial score (nSPS) is 18.9. The minimum atomic E-state index is -1.40. The van der Waals surface area contributed by atoms with Crippen molar-refractivity contribution in [2.75, 3.05) is 6.67 Å². The Morgan fingerprint density at radius 3 is 2.25 bits per heavy atom. The molecule has 0 spiro atoms. The average molecular weight is 228 g/mol. The summed E-state index contributed by atoms with van der Waals surface area (Å²) in [6.45, 7) is 2.84. The van der Waals surface area contributed by atoms with Gasteiger partial charge in [0.25, 0.3) is 0 Å². The summed E-state index contributed by atoms with van der Waals surface area (Å²) in [4.78, 5) is 34.2. The van der Waals surface area contributed by atoms with Gasteiger partial charge in [-0.2, -0.15) is 0 Å². The number of amides is 4. The van der Waals surface area contributed by atoms with Gasteiger partial charge >= 0.3 is 6.03 Å². The predicted octanol–water partition coefficient (Wildman–Crippen LogP) is 0.665. The number of urea groups is 1. The molecule has 16 heavy (non-hydrogen) atoms. The average Bonchev–Trinajstić information content (AvgIpc) is 2.22. The third-order valence-corrected chi connectivity index (χ3v) is 2.55. The second-order valence-electron chi connectivity index (χ2n) is 3.60. The van der Waals surface area contributed by atoms with Gasteiger partial charge in [-0.15, -0.1) is 6.58 Å². The van der Waals surface area contributed by atoms with E-state index < -0.39 is 29.9 Å². The van der Waals surface area contributed by atoms with Crippen molar-refractivity contribution in [1.82, 2.24) is 10.6 Å². The number of barbiturate groups is 1. The lowest BCUT2D eigenvalue weighted by molar-refractivity contribution is -0.144. The number of imide groups is 2. The van der Waals surface area contributed by atoms with E-state index in [4.69, 9.17) is 0 Å². The van der Waals surface area contributed by atoms with E-state index in [2.05, 4.69) is 6.58 Å². The van der Waals surface area contributed by atoms with E-state index in [9.17, 15) is 18.8 Å². The van der Waals surface area contributed by atoms with Crippen LogP contribution in [0.5, 0.6) is 0 Å². The number of halogens is 1. The summed E-state index contributed by atoms with van der Waals surface area (Å²) in [5.41, 5.74) is -1.40. The summed E-state index contributed by atoms with van der Waals surface area (Å²) in [6.07, 6.45) is 1.63. The van der Waals surface area contributed by atoms with Gasteiger partial charge < -0.3 is 0 Å². The number of carbonyl (C=O) groups is 3. The maximum Gasteiger partial charge on any atom is 0.328 e. The van der Waals surface area contributed by atoms with Crippen molar-refractivity contribution in [1.29, 1.82) is 0 Å². The number of nitrogens with one attached hydrogen (secondary N) is 2. The highest BCUT2D eigenvalue weighted by molar-refractivity contribution is 6.19. The first-order valence-corrected chi connectivity index (χ1v) is 4.90. The number of hydrogen-bond acceptors (Lipinski definition) is 3. The fraction of sp³-hybridized carbons (Fsp3) is 0.500. The molecule has 4 amide bonds. The summed E-state index contributed by atoms with van der Waals surface area (Å²) >= 11 is 0. The van der Waals surface area contributed by atoms with Gasteiger partial charge in [0, 0.05) is 0 Å². The molecule has 0 aromatic carbocycles. The molecule has 2 N–H and O–H groups in total. The quantitative estimate of drug-likeness (QED) is 0.536. The molecule has 6 heteroatoms. The van der Waals surface area contributed by atoms with Crippen molar-refractivity contribution in [3.63, 3.8) is 0 Å². The standard InChI is InChI=1S/C10H13FN2O3/c1-2-4-10(5-3-6-11)7(14)12-9(16)13-8(10)15/h2H,1,3-6H2,(H2,12,13,14,15,16). The largest absolute Gasteiger partial charge is 0.328 e. The van der Waals surface area contributed by atoms with Gasteiger partial charge in [0.15, 0.2) is 0 Å². The lowest BCUT2D eigenvalue weighted by Gasteiger charge is -2.32. The summed E-state index contributed by atoms with van der Waals surface area (Å²) in [7, 11) is 0. The van der Waals surface area contributed by atoms with Gasteiger partial charge in [-0.3, -0.25) is 24.6 Å². The van der Waals surface area contributed by atoms with Crippen LogP contribution in [0.25, 0.3) is 0 Å². The van der Waals surface area contributed by atoms with Crippen molar-refractivity contribution >= 4 is 17.8 Å². The number of rotatable bonds is 5. The first-order chi connectivity index (χ1) is 7.56. The lowest BCUT2D eigenvalue weighted by atomic mass is 9.77. The third kappa shape index (κ3) is 2.10. The summed E-state index contributed by atoms with van der Waals surface area (Å²) < 4.78 is 12.1. The van der Waals surface area contributed by atoms with Crippen LogP contribution in [0, 0.1) is 5.41 Å². The van der Waals surface area contributed by atoms with Gasteiger partial charge in [0.1, 0.15) is 5.41 Å². The van der Waals surface area contributed by atoms with Crippen LogP contribution in [0.1, 0.15) is 19.3 Å². The predicted molar refractivity (Wildman–Crippen MR) is 54.1 cm³/mol. The van der Waals surface area contributed by atoms with E-state index in [1.54, 1.807) is 0 Å². The fourth-order valence-corrected chi connectivity index (χ4v) is 1.71. The zero-order chi connectivity index (χ0) is 12.2. The molecule has 5 nitrogen and oxygen atoms in total. The molecule has 0 saturated carbocycles. The molecular formula is C10H13FN2O3. The van der Waals surface area contributed by atoms with E-state index in [0.717, 1.165) is 0 Å². The monoisotopic (exact) mass is 228 g/mol. The molecule has 88 valence electrons. The first kappa shape index (κ1) is 12.4. The third-order valence-electron chi connectivity index (χ3n) is 2.55. The molecule has 1 rings (SSSR count). The summed E-state index contributed by atoms with van der Waals surface area (Å²) in [5.74, 6) is -1.37. The van der Waals surface area contributed by atoms with Gasteiger partial charge in [0.2, 0.25) is 11.8 Å². The van der Waals surface area contributed by atoms with E-state index in [-0.39, 0.29) is 19.3 Å². The first-order valence-electron chi connectivity index (χ1n) is 4.90. The van der Waals surface area contributed by atoms with Crippen LogP contribution in [0.2, 0.25) is 0 Å². The van der Waals surface area contributed by atoms with Crippen molar-refractivity contribution in [3.8, 4) is 0 Å². The van der Waals surface area contributed by atoms with E-state index in [1.165, 1.54) is 6.08 Å². The molecule has 1 aliphatic rings. The van der Waals surface area contributed by atoms with Gasteiger partial charge in [-0.25, -0.2) is 4.79 Å². The molecule has 0 bridgehead atoms. The van der Waals surface area contributed by atoms with Crippen LogP contribution in [0.15, 0.2) is 12.7 Å². The Balaban J connectivity index is 2.96. The Labute approximate surface area is 92.1 Å². The van der Waals surface area contributed by atoms with Gasteiger partial charge in [-0.1, -0.05) is 6.08 Å². The van der Waals surface area contributed by atoms with Gasteiger partial charge in [0.05, 0.1) is 6.67 Å². The molecule has 1 heterocycles. The molecule has 0 aromatic heterocycles. The molecular weight excluding hydrogens is 215 g/mol. The van der Waals surface area contributed by atoms with E-state index in [1.807, 2.05) is 10.6 Å². The molecule has 0 aromatic rings. The van der Waals surface area contributed by atoms with Crippen LogP contribution in [-0.2, 0) is 9.59 Å². The highest BCUT2D eigenvalue weighted by Crippen LogP contribution is 2.31. The number of hydrogen-bond donors (Lipinski definition) is 2. The molecule has 0 radical (unpaired) electrons. The van der Waals surface area contributed by atoms with Crippen molar-refractivity contribution in [2.45, 2.75) is 19.3 Å². The summed E-state index contributed by atoms with van der Waals surface area (Å²) in [6, 6.07) is -0.838. The summed E-state index contributed by atoms with van der Waals surface area (Å²) in [5, 5.41) is 4.03. The second-order valence-corrected chi connectivity index (χ2v) is 3.60. The van der Waals surface area contributed by atoms with Crippen molar-refractivity contribution in [3.05, 3.63) is 12.7 Å². The van der Waals surface area contributed by atoms with E-state index >= 15 is 0 Å². The molecule has 0 atom stereocenters. The second kappa shape index (κ2) is 4.87. The Bertz CT molecular complexity index is 321. The maximum absolute atomic E-state index is 12.1. The Kier molecular flexibility index (Phi) is 3.76. The maximum atomic E-state index is 12.1. The smallest absolute Gasteiger partial charge is 0.277 e. The molecule has 1 saturated heterocycles. The number of alkyl halides is 1. The Morgan fingerprint density at radius 2 is 1.81 bits per heavy atom. The molecule has 1 fully saturated rings. The topological polar surface area (TPSA) is 75.3 Å². The Hall–Kier alpha value is -1.72. The van der Waals surface area contributed by atoms with Crippen LogP contribution < -0.4 is 10.6 Å². The minimum Gasteiger partial charge on any atom is -0.277 e. The number of allylic oxidation sites excluding steroid dienone is 1. The van der Waals surface area contributed by atoms with Crippen LogP contribution >= 0.6 is 0 Å². The van der Waals surface area contributed by atoms with Gasteiger partial charge in [-0.05, 0) is 19.3 Å². The van der Waals surface area contributed by atoms with Crippen LogP contribution in [0.3, 0.4) is 0 Å². The molecule has 0 unspecified atom stereocenters. The highest BCUT2D eigenvalue weighted by atomic mass is 19.1. The highest BCUT2D eigenvalue weighted by Gasteiger charge is 2.48. The van der Waals surface area contributed by atoms with Crippen molar-refractivity contribution < 1.29 is 18.8 Å².